The predicted octanol–water partition coefficient (Wildman–Crippen LogP) is 2.91. The normalized spacial score (nSPS) is 14.2. The molecule has 25 heavy (non-hydrogen) atoms. The van der Waals surface area contributed by atoms with Gasteiger partial charge < -0.3 is 15.0 Å². The predicted molar refractivity (Wildman–Crippen MR) is 97.8 cm³/mol. The number of halogens is 1. The monoisotopic (exact) mass is 357 g/mol. The molecule has 2 aromatic heterocycles. The van der Waals surface area contributed by atoms with E-state index >= 15 is 0 Å². The molecule has 2 N–H and O–H groups in total. The lowest BCUT2D eigenvalue weighted by atomic mass is 10.1. The van der Waals surface area contributed by atoms with Crippen molar-refractivity contribution in [2.75, 3.05) is 11.9 Å². The molecule has 0 bridgehead atoms. The van der Waals surface area contributed by atoms with E-state index in [-0.39, 0.29) is 17.2 Å². The van der Waals surface area contributed by atoms with E-state index in [2.05, 4.69) is 10.3 Å². The molecule has 0 fully saturated rings. The van der Waals surface area contributed by atoms with Gasteiger partial charge in [-0.15, -0.1) is 0 Å². The zero-order chi connectivity index (χ0) is 17.6. The van der Waals surface area contributed by atoms with E-state index < -0.39 is 0 Å². The highest BCUT2D eigenvalue weighted by Crippen LogP contribution is 2.22. The molecule has 0 unspecified atom stereocenters. The number of hydrogen-bond donors (Lipinski definition) is 2. The molecule has 3 heterocycles. The molecular weight excluding hydrogens is 342 g/mol. The van der Waals surface area contributed by atoms with Gasteiger partial charge in [-0.3, -0.25) is 14.2 Å². The summed E-state index contributed by atoms with van der Waals surface area (Å²) in [6.45, 7) is 2.88. The van der Waals surface area contributed by atoms with Gasteiger partial charge in [0.25, 0.3) is 11.1 Å². The van der Waals surface area contributed by atoms with E-state index in [1.54, 1.807) is 41.0 Å². The largest absolute Gasteiger partial charge is 0.477 e. The number of hydrogen-bond acceptors (Lipinski definition) is 4. The number of aromatic nitrogens is 2. The van der Waals surface area contributed by atoms with Crippen molar-refractivity contribution in [2.45, 2.75) is 19.5 Å². The van der Waals surface area contributed by atoms with Gasteiger partial charge in [0.1, 0.15) is 12.3 Å². The van der Waals surface area contributed by atoms with Crippen LogP contribution in [0, 0.1) is 0 Å². The molecule has 7 heteroatoms. The van der Waals surface area contributed by atoms with Crippen LogP contribution < -0.4 is 21.2 Å². The lowest BCUT2D eigenvalue weighted by molar-refractivity contribution is 0.357. The van der Waals surface area contributed by atoms with Crippen molar-refractivity contribution in [1.29, 1.82) is 0 Å². The Morgan fingerprint density at radius 3 is 2.92 bits per heavy atom. The summed E-state index contributed by atoms with van der Waals surface area (Å²) in [4.78, 5) is 27.7. The molecular formula is C18H16ClN3O3. The fraction of sp³-hybridized carbons (Fsp3) is 0.222. The van der Waals surface area contributed by atoms with Crippen LogP contribution in [-0.4, -0.2) is 16.2 Å². The zero-order valence-electron chi connectivity index (χ0n) is 13.5. The van der Waals surface area contributed by atoms with Crippen molar-refractivity contribution in [2.24, 2.45) is 0 Å². The van der Waals surface area contributed by atoms with Gasteiger partial charge in [-0.1, -0.05) is 11.6 Å². The summed E-state index contributed by atoms with van der Waals surface area (Å²) in [6, 6.07) is 10.2. The summed E-state index contributed by atoms with van der Waals surface area (Å²) in [5, 5.41) is 4.58. The van der Waals surface area contributed by atoms with Gasteiger partial charge in [0.05, 0.1) is 12.6 Å². The molecule has 1 aromatic carbocycles. The molecule has 1 aliphatic heterocycles. The third-order valence-corrected chi connectivity index (χ3v) is 4.61. The number of rotatable bonds is 3. The van der Waals surface area contributed by atoms with Crippen molar-refractivity contribution >= 4 is 28.2 Å². The Kier molecular flexibility index (Phi) is 3.77. The van der Waals surface area contributed by atoms with Crippen molar-refractivity contribution < 1.29 is 4.74 Å². The molecule has 0 saturated heterocycles. The van der Waals surface area contributed by atoms with E-state index in [1.807, 2.05) is 6.92 Å². The van der Waals surface area contributed by atoms with E-state index in [1.165, 1.54) is 0 Å². The average Bonchev–Trinajstić information content (AvgIpc) is 3.06. The van der Waals surface area contributed by atoms with Crippen LogP contribution in [0.5, 0.6) is 5.88 Å². The molecule has 1 aliphatic rings. The summed E-state index contributed by atoms with van der Waals surface area (Å²) < 4.78 is 6.95. The SMILES string of the molecule is C[C@H](Nc1ccc2n(c1=O)CCO2)c1cc2cc(Cl)ccc2[nH]c1=O. The second kappa shape index (κ2) is 5.97. The van der Waals surface area contributed by atoms with Crippen LogP contribution >= 0.6 is 11.6 Å². The minimum absolute atomic E-state index is 0.151. The van der Waals surface area contributed by atoms with Gasteiger partial charge in [-0.05, 0) is 37.3 Å². The van der Waals surface area contributed by atoms with Crippen LogP contribution in [0.3, 0.4) is 0 Å². The molecule has 1 atom stereocenters. The van der Waals surface area contributed by atoms with Crippen LogP contribution in [0.2, 0.25) is 5.02 Å². The molecule has 0 spiro atoms. The quantitative estimate of drug-likeness (QED) is 0.755. The number of fused-ring (bicyclic) bond motifs is 2. The molecule has 0 amide bonds. The molecule has 0 aliphatic carbocycles. The number of nitrogens with one attached hydrogen (secondary N) is 2. The highest BCUT2D eigenvalue weighted by molar-refractivity contribution is 6.31. The van der Waals surface area contributed by atoms with Crippen molar-refractivity contribution in [3.05, 3.63) is 67.7 Å². The maximum Gasteiger partial charge on any atom is 0.276 e. The summed E-state index contributed by atoms with van der Waals surface area (Å²) in [5.74, 6) is 0.571. The second-order valence-electron chi connectivity index (χ2n) is 6.04. The first-order valence-electron chi connectivity index (χ1n) is 7.98. The van der Waals surface area contributed by atoms with Gasteiger partial charge in [0, 0.05) is 27.6 Å². The van der Waals surface area contributed by atoms with Crippen molar-refractivity contribution in [3.63, 3.8) is 0 Å². The zero-order valence-corrected chi connectivity index (χ0v) is 14.3. The highest BCUT2D eigenvalue weighted by Gasteiger charge is 2.18. The molecule has 0 saturated carbocycles. The molecule has 6 nitrogen and oxygen atoms in total. The number of nitrogens with zero attached hydrogens (tertiary/aromatic N) is 1. The topological polar surface area (TPSA) is 76.1 Å². The van der Waals surface area contributed by atoms with Crippen molar-refractivity contribution in [1.82, 2.24) is 9.55 Å². The Morgan fingerprint density at radius 2 is 2.08 bits per heavy atom. The lowest BCUT2D eigenvalue weighted by Gasteiger charge is -2.16. The summed E-state index contributed by atoms with van der Waals surface area (Å²) in [7, 11) is 0. The van der Waals surface area contributed by atoms with Crippen LogP contribution in [0.1, 0.15) is 18.5 Å². The van der Waals surface area contributed by atoms with Crippen LogP contribution in [0.15, 0.2) is 46.0 Å². The van der Waals surface area contributed by atoms with Crippen LogP contribution in [0.4, 0.5) is 5.69 Å². The van der Waals surface area contributed by atoms with Crippen LogP contribution in [-0.2, 0) is 6.54 Å². The third-order valence-electron chi connectivity index (χ3n) is 4.37. The fourth-order valence-corrected chi connectivity index (χ4v) is 3.26. The van der Waals surface area contributed by atoms with E-state index in [4.69, 9.17) is 16.3 Å². The number of benzene rings is 1. The number of H-pyrrole nitrogens is 1. The number of pyridine rings is 2. The fourth-order valence-electron chi connectivity index (χ4n) is 3.08. The minimum Gasteiger partial charge on any atom is -0.477 e. The first-order valence-corrected chi connectivity index (χ1v) is 8.36. The first kappa shape index (κ1) is 15.8. The number of aromatic amines is 1. The summed E-state index contributed by atoms with van der Waals surface area (Å²) in [5.41, 5.74) is 1.35. The maximum atomic E-state index is 12.5. The van der Waals surface area contributed by atoms with Crippen LogP contribution in [0.25, 0.3) is 10.9 Å². The standard InChI is InChI=1S/C18H16ClN3O3/c1-10(20-15-4-5-16-22(18(15)24)6-7-25-16)13-9-11-8-12(19)2-3-14(11)21-17(13)23/h2-5,8-10,20H,6-7H2,1H3,(H,21,23)/t10-/m0/s1. The van der Waals surface area contributed by atoms with Crippen molar-refractivity contribution in [3.8, 4) is 5.88 Å². The average molecular weight is 358 g/mol. The molecule has 0 radical (unpaired) electrons. The highest BCUT2D eigenvalue weighted by atomic mass is 35.5. The Labute approximate surface area is 148 Å². The second-order valence-corrected chi connectivity index (χ2v) is 6.48. The Balaban J connectivity index is 1.71. The Hall–Kier alpha value is -2.73. The van der Waals surface area contributed by atoms with E-state index in [0.717, 1.165) is 10.9 Å². The molecule has 4 rings (SSSR count). The lowest BCUT2D eigenvalue weighted by Crippen LogP contribution is -2.25. The maximum absolute atomic E-state index is 12.5. The number of ether oxygens (including phenoxy) is 1. The Morgan fingerprint density at radius 1 is 1.24 bits per heavy atom. The third kappa shape index (κ3) is 2.78. The van der Waals surface area contributed by atoms with Gasteiger partial charge in [0.2, 0.25) is 0 Å². The Bertz CT molecular complexity index is 1090. The van der Waals surface area contributed by atoms with Gasteiger partial charge >= 0.3 is 0 Å². The van der Waals surface area contributed by atoms with Gasteiger partial charge in [-0.25, -0.2) is 0 Å². The summed E-state index contributed by atoms with van der Waals surface area (Å²) >= 11 is 6.03. The molecule has 3 aromatic rings. The van der Waals surface area contributed by atoms with E-state index in [9.17, 15) is 9.59 Å². The smallest absolute Gasteiger partial charge is 0.276 e. The number of anilines is 1. The minimum atomic E-state index is -0.346. The summed E-state index contributed by atoms with van der Waals surface area (Å²) in [6.07, 6.45) is 0. The van der Waals surface area contributed by atoms with E-state index in [0.29, 0.717) is 35.3 Å². The van der Waals surface area contributed by atoms with Gasteiger partial charge in [0.15, 0.2) is 5.88 Å². The first-order chi connectivity index (χ1) is 12.0. The molecule has 128 valence electrons. The van der Waals surface area contributed by atoms with Gasteiger partial charge in [-0.2, -0.15) is 0 Å².